The van der Waals surface area contributed by atoms with Crippen LogP contribution in [0.2, 0.25) is 0 Å². The first-order valence-electron chi connectivity index (χ1n) is 9.34. The van der Waals surface area contributed by atoms with Crippen LogP contribution < -0.4 is 0 Å². The Morgan fingerprint density at radius 3 is 2.00 bits per heavy atom. The molecule has 10 heteroatoms. The van der Waals surface area contributed by atoms with Crippen molar-refractivity contribution in [2.45, 2.75) is 34.6 Å². The van der Waals surface area contributed by atoms with Crippen molar-refractivity contribution in [2.24, 2.45) is 0 Å². The van der Waals surface area contributed by atoms with Crippen LogP contribution in [-0.2, 0) is 4.79 Å². The smallest absolute Gasteiger partial charge is 0.360 e. The molecule has 0 saturated carbocycles. The van der Waals surface area contributed by atoms with E-state index in [1.165, 1.54) is 17.9 Å². The van der Waals surface area contributed by atoms with E-state index in [1.54, 1.807) is 12.4 Å². The Labute approximate surface area is 197 Å². The van der Waals surface area contributed by atoms with E-state index in [4.69, 9.17) is 30.1 Å². The van der Waals surface area contributed by atoms with E-state index >= 15 is 0 Å². The normalized spacial score (nSPS) is 10.2. The number of halogens is 3. The molecule has 0 radical (unpaired) electrons. The number of nitrogens with zero attached hydrogens (tertiary/aromatic N) is 2. The summed E-state index contributed by atoms with van der Waals surface area (Å²) in [7, 11) is 14.8. The van der Waals surface area contributed by atoms with Crippen molar-refractivity contribution in [3.05, 3.63) is 58.9 Å². The van der Waals surface area contributed by atoms with Gasteiger partial charge >= 0.3 is 11.4 Å². The van der Waals surface area contributed by atoms with Crippen LogP contribution in [0.4, 0.5) is 0 Å². The van der Waals surface area contributed by atoms with Crippen LogP contribution in [0.25, 0.3) is 21.8 Å². The van der Waals surface area contributed by atoms with Gasteiger partial charge in [0.15, 0.2) is 5.78 Å². The average Bonchev–Trinajstić information content (AvgIpc) is 3.36. The molecule has 31 heavy (non-hydrogen) atoms. The lowest BCUT2D eigenvalue weighted by molar-refractivity contribution is -0.113. The lowest BCUT2D eigenvalue weighted by Crippen LogP contribution is -2.09. The first-order chi connectivity index (χ1) is 14.5. The van der Waals surface area contributed by atoms with Crippen LogP contribution in [0, 0.1) is 27.7 Å². The Kier molecular flexibility index (Phi) is 9.11. The topological polar surface area (TPSA) is 91.5 Å². The van der Waals surface area contributed by atoms with Gasteiger partial charge in [0.1, 0.15) is 0 Å². The number of ketones is 2. The van der Waals surface area contributed by atoms with Gasteiger partial charge in [0.05, 0.1) is 28.0 Å². The number of pyridine rings is 2. The molecule has 4 heterocycles. The molecule has 0 spiro atoms. The molecule has 0 fully saturated rings. The number of hydrogen-bond donors (Lipinski definition) is 2. The maximum atomic E-state index is 11.7. The molecular formula is C21H22AlCl3N4O2. The molecule has 0 saturated heterocycles. The zero-order valence-corrected chi connectivity index (χ0v) is 21.2. The Morgan fingerprint density at radius 1 is 0.903 bits per heavy atom. The highest BCUT2D eigenvalue weighted by atomic mass is 35.8. The van der Waals surface area contributed by atoms with Crippen LogP contribution in [0.15, 0.2) is 30.9 Å². The summed E-state index contributed by atoms with van der Waals surface area (Å²) in [5.74, 6) is -0.908. The van der Waals surface area contributed by atoms with Gasteiger partial charge in [0.2, 0.25) is 5.78 Å². The molecule has 4 aromatic heterocycles. The van der Waals surface area contributed by atoms with Gasteiger partial charge in [-0.3, -0.25) is 19.6 Å². The Hall–Kier alpha value is -1.88. The third-order valence-electron chi connectivity index (χ3n) is 4.64. The van der Waals surface area contributed by atoms with E-state index in [2.05, 4.69) is 32.9 Å². The highest BCUT2D eigenvalue weighted by Crippen LogP contribution is 2.24. The van der Waals surface area contributed by atoms with Gasteiger partial charge in [-0.2, -0.15) is 0 Å². The lowest BCUT2D eigenvalue weighted by atomic mass is 10.0. The average molecular weight is 496 g/mol. The van der Waals surface area contributed by atoms with Crippen molar-refractivity contribution in [3.63, 3.8) is 0 Å². The van der Waals surface area contributed by atoms with Gasteiger partial charge in [0.25, 0.3) is 0 Å². The van der Waals surface area contributed by atoms with Gasteiger partial charge in [-0.15, -0.1) is 0 Å². The molecular weight excluding hydrogens is 474 g/mol. The van der Waals surface area contributed by atoms with E-state index in [1.807, 2.05) is 33.2 Å². The van der Waals surface area contributed by atoms with Crippen molar-refractivity contribution in [1.29, 1.82) is 0 Å². The molecule has 4 aromatic rings. The van der Waals surface area contributed by atoms with E-state index in [0.29, 0.717) is 5.56 Å². The Balaban J connectivity index is 0.000000197. The predicted molar refractivity (Wildman–Crippen MR) is 129 cm³/mol. The number of carbonyl (C=O) groups excluding carboxylic acids is 2. The number of rotatable bonds is 2. The fourth-order valence-corrected chi connectivity index (χ4v) is 3.13. The Bertz CT molecular complexity index is 1200. The summed E-state index contributed by atoms with van der Waals surface area (Å²) in [5.41, 5.74) is 6.43. The van der Waals surface area contributed by atoms with Crippen molar-refractivity contribution < 1.29 is 9.59 Å². The second-order valence-corrected chi connectivity index (χ2v) is 13.3. The standard InChI is InChI=1S/C12H12N2O2.C9H10N2.Al.3ClH/c1-6-4-13-7(2)11-10(6)9(5-14-11)12(16)8(3)15;1-6-5-11-7(2)9-8(6)3-4-10-9;;;;/h4-5,14H,1-3H3;3-5,10H,1-2H3;;3*1H/q;;+3;;;/p-3. The summed E-state index contributed by atoms with van der Waals surface area (Å²) >= 11 is -1.72. The summed E-state index contributed by atoms with van der Waals surface area (Å²) < 4.78 is 0. The summed E-state index contributed by atoms with van der Waals surface area (Å²) in [6.45, 7) is 9.10. The number of aryl methyl sites for hydroxylation is 4. The Morgan fingerprint density at radius 2 is 1.45 bits per heavy atom. The summed E-state index contributed by atoms with van der Waals surface area (Å²) in [5, 5.41) is 2.07. The highest BCUT2D eigenvalue weighted by Gasteiger charge is 2.18. The molecule has 0 aromatic carbocycles. The molecule has 0 aliphatic rings. The number of nitrogens with one attached hydrogen (secondary N) is 2. The molecule has 0 amide bonds. The van der Waals surface area contributed by atoms with Crippen molar-refractivity contribution in [2.75, 3.05) is 0 Å². The van der Waals surface area contributed by atoms with Crippen molar-refractivity contribution in [1.82, 2.24) is 19.9 Å². The lowest BCUT2D eigenvalue weighted by Gasteiger charge is -2.01. The van der Waals surface area contributed by atoms with Gasteiger partial charge in [-0.05, 0) is 44.9 Å². The molecule has 4 rings (SSSR count). The van der Waals surface area contributed by atoms with E-state index < -0.39 is 23.0 Å². The maximum absolute atomic E-state index is 11.7. The molecule has 2 N–H and O–H groups in total. The number of fused-ring (bicyclic) bond motifs is 2. The summed E-state index contributed by atoms with van der Waals surface area (Å²) in [4.78, 5) is 37.4. The SMILES string of the molecule is CC(=O)C(=O)c1c[nH]c2c(C)ncc(C)c12.Cc1cnc(C)c2[nH]ccc12.[Cl][Al]([Cl])[Cl]. The molecule has 0 unspecified atom stereocenters. The van der Waals surface area contributed by atoms with Crippen molar-refractivity contribution >= 4 is 74.9 Å². The number of carbonyl (C=O) groups is 2. The summed E-state index contributed by atoms with van der Waals surface area (Å²) in [6, 6.07) is 2.08. The molecule has 0 bridgehead atoms. The number of H-pyrrole nitrogens is 2. The van der Waals surface area contributed by atoms with Crippen LogP contribution in [0.1, 0.15) is 39.8 Å². The molecule has 6 nitrogen and oxygen atoms in total. The minimum atomic E-state index is -1.72. The third kappa shape index (κ3) is 6.32. The monoisotopic (exact) mass is 494 g/mol. The van der Waals surface area contributed by atoms with E-state index in [-0.39, 0.29) is 0 Å². The van der Waals surface area contributed by atoms with Gasteiger partial charge in [-0.25, -0.2) is 30.1 Å². The van der Waals surface area contributed by atoms with Gasteiger partial charge in [-0.1, -0.05) is 0 Å². The number of hydrogen-bond acceptors (Lipinski definition) is 4. The quantitative estimate of drug-likeness (QED) is 0.208. The molecule has 162 valence electrons. The van der Waals surface area contributed by atoms with E-state index in [9.17, 15) is 9.59 Å². The minimum absolute atomic E-state index is 0.436. The zero-order valence-electron chi connectivity index (χ0n) is 17.8. The largest absolute Gasteiger partial charge is 0.643 e. The fourth-order valence-electron chi connectivity index (χ4n) is 3.13. The van der Waals surface area contributed by atoms with Gasteiger partial charge < -0.3 is 9.97 Å². The number of aromatic amines is 2. The minimum Gasteiger partial charge on any atom is -0.360 e. The summed E-state index contributed by atoms with van der Waals surface area (Å²) in [6.07, 6.45) is 7.15. The molecule has 0 atom stereocenters. The first-order valence-corrected chi connectivity index (χ1v) is 14.6. The van der Waals surface area contributed by atoms with Crippen LogP contribution in [0.3, 0.4) is 0 Å². The molecule has 0 aliphatic heterocycles. The highest BCUT2D eigenvalue weighted by molar-refractivity contribution is 7.54. The molecule has 0 aliphatic carbocycles. The fraction of sp³-hybridized carbons (Fsp3) is 0.238. The van der Waals surface area contributed by atoms with E-state index in [0.717, 1.165) is 33.4 Å². The second-order valence-electron chi connectivity index (χ2n) is 6.90. The predicted octanol–water partition coefficient (Wildman–Crippen LogP) is 5.82. The van der Waals surface area contributed by atoms with Gasteiger partial charge in [0, 0.05) is 42.5 Å². The first kappa shape index (κ1) is 25.4. The zero-order chi connectivity index (χ0) is 23.3. The maximum Gasteiger partial charge on any atom is 0.643 e. The third-order valence-corrected chi connectivity index (χ3v) is 4.64. The second kappa shape index (κ2) is 11.1. The van der Waals surface area contributed by atoms with Crippen LogP contribution in [0.5, 0.6) is 0 Å². The van der Waals surface area contributed by atoms with Crippen LogP contribution >= 0.6 is 30.1 Å². The van der Waals surface area contributed by atoms with Crippen LogP contribution in [-0.4, -0.2) is 42.9 Å². The van der Waals surface area contributed by atoms with Crippen molar-refractivity contribution in [3.8, 4) is 0 Å². The number of Topliss-reactive ketones (excluding diaryl/α,β-unsaturated/α-hetero) is 2. The number of aromatic nitrogens is 4.